The number of Topliss-reactive ketones (excluding diaryl/α,β-unsaturated/α-hetero) is 1. The fourth-order valence-electron chi connectivity index (χ4n) is 4.22. The predicted octanol–water partition coefficient (Wildman–Crippen LogP) is 6.16. The van der Waals surface area contributed by atoms with Gasteiger partial charge in [0, 0.05) is 11.3 Å². The van der Waals surface area contributed by atoms with Crippen LogP contribution in [-0.4, -0.2) is 37.6 Å². The van der Waals surface area contributed by atoms with E-state index in [2.05, 4.69) is 0 Å². The second-order valence-electron chi connectivity index (χ2n) is 9.11. The molecule has 0 aromatic heterocycles. The molecular weight excluding hydrogens is 513 g/mol. The van der Waals surface area contributed by atoms with Crippen LogP contribution in [0, 0.1) is 11.7 Å². The van der Waals surface area contributed by atoms with Crippen molar-refractivity contribution in [3.8, 4) is 17.2 Å². The third-order valence-electron chi connectivity index (χ3n) is 6.04. The van der Waals surface area contributed by atoms with Crippen LogP contribution in [0.2, 0.25) is 5.02 Å². The van der Waals surface area contributed by atoms with Crippen molar-refractivity contribution in [2.45, 2.75) is 19.9 Å². The van der Waals surface area contributed by atoms with Crippen LogP contribution in [0.4, 0.5) is 10.1 Å². The highest BCUT2D eigenvalue weighted by molar-refractivity contribution is 6.51. The Labute approximate surface area is 225 Å². The minimum atomic E-state index is -1.07. The van der Waals surface area contributed by atoms with Gasteiger partial charge in [-0.25, -0.2) is 4.39 Å². The number of rotatable bonds is 8. The quantitative estimate of drug-likeness (QED) is 0.210. The third-order valence-corrected chi connectivity index (χ3v) is 6.33. The van der Waals surface area contributed by atoms with E-state index in [0.29, 0.717) is 35.0 Å². The summed E-state index contributed by atoms with van der Waals surface area (Å²) in [5.41, 5.74) is 0.790. The second kappa shape index (κ2) is 11.1. The highest BCUT2D eigenvalue weighted by Gasteiger charge is 2.47. The van der Waals surface area contributed by atoms with Crippen LogP contribution in [0.25, 0.3) is 5.76 Å². The van der Waals surface area contributed by atoms with E-state index in [4.69, 9.17) is 25.8 Å². The van der Waals surface area contributed by atoms with Crippen LogP contribution < -0.4 is 19.1 Å². The molecule has 3 aromatic rings. The molecule has 1 aliphatic heterocycles. The zero-order valence-corrected chi connectivity index (χ0v) is 22.1. The molecular formula is C29H27ClFNO6. The van der Waals surface area contributed by atoms with Gasteiger partial charge in [0.25, 0.3) is 11.7 Å². The van der Waals surface area contributed by atoms with Gasteiger partial charge in [-0.05, 0) is 53.9 Å². The number of hydrogen-bond acceptors (Lipinski definition) is 6. The van der Waals surface area contributed by atoms with Crippen molar-refractivity contribution < 1.29 is 33.3 Å². The summed E-state index contributed by atoms with van der Waals surface area (Å²) >= 11 is 6.01. The number of anilines is 1. The molecule has 1 saturated heterocycles. The van der Waals surface area contributed by atoms with E-state index in [1.807, 2.05) is 13.8 Å². The number of carbonyl (C=O) groups excluding carboxylic acids is 2. The van der Waals surface area contributed by atoms with Gasteiger partial charge in [0.05, 0.1) is 37.5 Å². The molecule has 1 heterocycles. The summed E-state index contributed by atoms with van der Waals surface area (Å²) in [5.74, 6) is -1.28. The average Bonchev–Trinajstić information content (AvgIpc) is 3.18. The van der Waals surface area contributed by atoms with Crippen LogP contribution in [0.5, 0.6) is 17.2 Å². The first-order valence-corrected chi connectivity index (χ1v) is 12.2. The number of ether oxygens (including phenoxy) is 3. The molecule has 0 bridgehead atoms. The summed E-state index contributed by atoms with van der Waals surface area (Å²) in [4.78, 5) is 28.0. The number of amides is 1. The van der Waals surface area contributed by atoms with Gasteiger partial charge in [-0.1, -0.05) is 43.6 Å². The maximum atomic E-state index is 13.9. The maximum absolute atomic E-state index is 13.9. The highest BCUT2D eigenvalue weighted by Crippen LogP contribution is 2.44. The van der Waals surface area contributed by atoms with Crippen LogP contribution in [0.3, 0.4) is 0 Å². The number of methoxy groups -OCH3 is 2. The van der Waals surface area contributed by atoms with Gasteiger partial charge in [-0.2, -0.15) is 0 Å². The molecule has 9 heteroatoms. The zero-order valence-electron chi connectivity index (χ0n) is 21.3. The van der Waals surface area contributed by atoms with E-state index in [-0.39, 0.29) is 28.0 Å². The number of aliphatic hydroxyl groups is 1. The number of nitrogens with zero attached hydrogens (tertiary/aromatic N) is 1. The summed E-state index contributed by atoms with van der Waals surface area (Å²) in [6, 6.07) is 14.2. The molecule has 7 nitrogen and oxygen atoms in total. The van der Waals surface area contributed by atoms with E-state index in [9.17, 15) is 19.1 Å². The molecule has 1 N–H and O–H groups in total. The number of aliphatic hydroxyl groups excluding tert-OH is 1. The monoisotopic (exact) mass is 539 g/mol. The molecule has 1 unspecified atom stereocenters. The second-order valence-corrected chi connectivity index (χ2v) is 9.52. The normalized spacial score (nSPS) is 16.7. The van der Waals surface area contributed by atoms with Gasteiger partial charge in [-0.15, -0.1) is 0 Å². The molecule has 1 atom stereocenters. The number of benzene rings is 3. The van der Waals surface area contributed by atoms with Crippen molar-refractivity contribution in [1.29, 1.82) is 0 Å². The zero-order chi connectivity index (χ0) is 27.6. The standard InChI is InChI=1S/C29H27ClFNO6/c1-16(2)15-38-20-7-5-6-18(12-20)27(33)25-26(17-8-11-23(36-3)24(13-17)37-4)32(29(35)28(25)34)19-9-10-22(31)21(30)14-19/h5-14,16,26,33H,15H2,1-4H3/b27-25+. The molecule has 0 spiro atoms. The fraction of sp³-hybridized carbons (Fsp3) is 0.241. The smallest absolute Gasteiger partial charge is 0.300 e. The minimum Gasteiger partial charge on any atom is -0.507 e. The lowest BCUT2D eigenvalue weighted by Gasteiger charge is -2.26. The Morgan fingerprint density at radius 1 is 1.03 bits per heavy atom. The lowest BCUT2D eigenvalue weighted by molar-refractivity contribution is -0.132. The van der Waals surface area contributed by atoms with Gasteiger partial charge in [0.1, 0.15) is 17.3 Å². The van der Waals surface area contributed by atoms with E-state index in [1.165, 1.54) is 31.3 Å². The molecule has 0 radical (unpaired) electrons. The van der Waals surface area contributed by atoms with Crippen LogP contribution in [0.15, 0.2) is 66.2 Å². The molecule has 0 aliphatic carbocycles. The molecule has 1 aliphatic rings. The van der Waals surface area contributed by atoms with Crippen molar-refractivity contribution in [3.05, 3.63) is 88.2 Å². The molecule has 1 amide bonds. The van der Waals surface area contributed by atoms with Crippen molar-refractivity contribution in [3.63, 3.8) is 0 Å². The van der Waals surface area contributed by atoms with Gasteiger partial charge in [0.15, 0.2) is 11.5 Å². The summed E-state index contributed by atoms with van der Waals surface area (Å²) in [7, 11) is 2.94. The van der Waals surface area contributed by atoms with E-state index in [0.717, 1.165) is 6.07 Å². The van der Waals surface area contributed by atoms with Crippen LogP contribution in [0.1, 0.15) is 31.0 Å². The molecule has 198 valence electrons. The summed E-state index contributed by atoms with van der Waals surface area (Å²) in [6.45, 7) is 4.48. The van der Waals surface area contributed by atoms with Crippen molar-refractivity contribution in [1.82, 2.24) is 0 Å². The SMILES string of the molecule is COc1ccc(C2/C(=C(\O)c3cccc(OCC(C)C)c3)C(=O)C(=O)N2c2ccc(F)c(Cl)c2)cc1OC. The average molecular weight is 540 g/mol. The highest BCUT2D eigenvalue weighted by atomic mass is 35.5. The molecule has 3 aromatic carbocycles. The lowest BCUT2D eigenvalue weighted by atomic mass is 9.94. The Hall–Kier alpha value is -4.04. The summed E-state index contributed by atoms with van der Waals surface area (Å²) in [6.07, 6.45) is 0. The van der Waals surface area contributed by atoms with Crippen LogP contribution >= 0.6 is 11.6 Å². The topological polar surface area (TPSA) is 85.3 Å². The van der Waals surface area contributed by atoms with E-state index >= 15 is 0 Å². The molecule has 4 rings (SSSR count). The molecule has 0 saturated carbocycles. The Kier molecular flexibility index (Phi) is 7.92. The van der Waals surface area contributed by atoms with Gasteiger partial charge >= 0.3 is 0 Å². The minimum absolute atomic E-state index is 0.149. The van der Waals surface area contributed by atoms with E-state index in [1.54, 1.807) is 42.5 Å². The van der Waals surface area contributed by atoms with E-state index < -0.39 is 23.5 Å². The Morgan fingerprint density at radius 2 is 1.76 bits per heavy atom. The Balaban J connectivity index is 1.91. The number of hydrogen-bond donors (Lipinski definition) is 1. The largest absolute Gasteiger partial charge is 0.507 e. The van der Waals surface area contributed by atoms with Gasteiger partial charge in [-0.3, -0.25) is 14.5 Å². The summed E-state index contributed by atoms with van der Waals surface area (Å²) < 4.78 is 30.5. The Bertz CT molecular complexity index is 1420. The van der Waals surface area contributed by atoms with Crippen LogP contribution in [-0.2, 0) is 9.59 Å². The number of carbonyl (C=O) groups is 2. The lowest BCUT2D eigenvalue weighted by Crippen LogP contribution is -2.29. The first-order chi connectivity index (χ1) is 18.2. The maximum Gasteiger partial charge on any atom is 0.300 e. The molecule has 38 heavy (non-hydrogen) atoms. The fourth-order valence-corrected chi connectivity index (χ4v) is 4.40. The first kappa shape index (κ1) is 27.0. The van der Waals surface area contributed by atoms with Crippen molar-refractivity contribution in [2.24, 2.45) is 5.92 Å². The van der Waals surface area contributed by atoms with Crippen molar-refractivity contribution in [2.75, 3.05) is 25.7 Å². The summed E-state index contributed by atoms with van der Waals surface area (Å²) in [5, 5.41) is 11.2. The van der Waals surface area contributed by atoms with Gasteiger partial charge in [0.2, 0.25) is 0 Å². The number of halogens is 2. The van der Waals surface area contributed by atoms with Gasteiger partial charge < -0.3 is 19.3 Å². The number of ketones is 1. The third kappa shape index (κ3) is 5.17. The first-order valence-electron chi connectivity index (χ1n) is 11.9. The Morgan fingerprint density at radius 3 is 2.42 bits per heavy atom. The predicted molar refractivity (Wildman–Crippen MR) is 143 cm³/mol. The molecule has 1 fully saturated rings. The van der Waals surface area contributed by atoms with Crippen molar-refractivity contribution >= 4 is 34.7 Å².